The highest BCUT2D eigenvalue weighted by atomic mass is 16.7. The van der Waals surface area contributed by atoms with Crippen LogP contribution in [-0.4, -0.2) is 39.2 Å². The fourth-order valence-electron chi connectivity index (χ4n) is 2.41. The van der Waals surface area contributed by atoms with Crippen LogP contribution >= 0.6 is 0 Å². The number of nitrogens with one attached hydrogen (secondary N) is 2. The predicted octanol–water partition coefficient (Wildman–Crippen LogP) is 2.00. The molecule has 1 amide bonds. The van der Waals surface area contributed by atoms with Crippen LogP contribution in [0.4, 0.5) is 5.69 Å². The van der Waals surface area contributed by atoms with Crippen LogP contribution in [0.2, 0.25) is 0 Å². The summed E-state index contributed by atoms with van der Waals surface area (Å²) in [5, 5.41) is 6.95. The summed E-state index contributed by atoms with van der Waals surface area (Å²) in [6, 6.07) is 10.5. The monoisotopic (exact) mass is 381 g/mol. The Morgan fingerprint density at radius 1 is 1.29 bits per heavy atom. The Bertz CT molecular complexity index is 921. The third kappa shape index (κ3) is 4.86. The van der Waals surface area contributed by atoms with Crippen molar-refractivity contribution >= 4 is 17.8 Å². The predicted molar refractivity (Wildman–Crippen MR) is 104 cm³/mol. The van der Waals surface area contributed by atoms with E-state index in [2.05, 4.69) is 21.8 Å². The summed E-state index contributed by atoms with van der Waals surface area (Å²) in [7, 11) is 1.56. The molecule has 144 valence electrons. The van der Waals surface area contributed by atoms with Crippen LogP contribution < -0.4 is 29.7 Å². The molecule has 0 fully saturated rings. The Balaban J connectivity index is 1.55. The number of amides is 1. The van der Waals surface area contributed by atoms with Gasteiger partial charge in [0.25, 0.3) is 5.91 Å². The molecule has 2 N–H and O–H groups in total. The smallest absolute Gasteiger partial charge is 0.259 e. The summed E-state index contributed by atoms with van der Waals surface area (Å²) in [6.07, 6.45) is 6.69. The minimum absolute atomic E-state index is 0.0372. The number of carbonyl (C=O) groups excluding carboxylic acids is 1. The topological polar surface area (TPSA) is 90.4 Å². The minimum atomic E-state index is -0.317. The summed E-state index contributed by atoms with van der Waals surface area (Å²) >= 11 is 0. The quantitative estimate of drug-likeness (QED) is 0.413. The molecule has 0 aliphatic carbocycles. The SMILES string of the molecule is C#CCOc1ccc(OC)cc1/C=N\NC(=O)CNc1ccc2c(c1)OCO2. The Morgan fingerprint density at radius 3 is 2.96 bits per heavy atom. The largest absolute Gasteiger partial charge is 0.497 e. The van der Waals surface area contributed by atoms with Gasteiger partial charge in [0.05, 0.1) is 19.9 Å². The number of fused-ring (bicyclic) bond motifs is 1. The van der Waals surface area contributed by atoms with E-state index in [0.29, 0.717) is 28.6 Å². The standard InChI is InChI=1S/C20H19N3O5/c1-3-8-26-17-7-5-16(25-2)9-14(17)11-22-23-20(24)12-21-15-4-6-18-19(10-15)28-13-27-18/h1,4-7,9-11,21H,8,12-13H2,2H3,(H,23,24)/b22-11-. The second kappa shape index (κ2) is 9.19. The third-order valence-electron chi connectivity index (χ3n) is 3.75. The Kier molecular flexibility index (Phi) is 6.21. The lowest BCUT2D eigenvalue weighted by Gasteiger charge is -2.08. The number of terminal acetylenes is 1. The van der Waals surface area contributed by atoms with Crippen LogP contribution in [0, 0.1) is 12.3 Å². The van der Waals surface area contributed by atoms with Gasteiger partial charge in [0.1, 0.15) is 18.1 Å². The van der Waals surface area contributed by atoms with Crippen molar-refractivity contribution in [3.8, 4) is 35.3 Å². The Hall–Kier alpha value is -3.86. The molecule has 2 aromatic rings. The van der Waals surface area contributed by atoms with E-state index >= 15 is 0 Å². The normalized spacial score (nSPS) is 11.7. The van der Waals surface area contributed by atoms with Crippen LogP contribution in [-0.2, 0) is 4.79 Å². The lowest BCUT2D eigenvalue weighted by molar-refractivity contribution is -0.119. The van der Waals surface area contributed by atoms with E-state index in [1.165, 1.54) is 6.21 Å². The molecule has 0 atom stereocenters. The molecule has 1 aliphatic heterocycles. The number of anilines is 1. The van der Waals surface area contributed by atoms with Gasteiger partial charge in [-0.15, -0.1) is 6.42 Å². The lowest BCUT2D eigenvalue weighted by Crippen LogP contribution is -2.25. The number of hydrazone groups is 1. The minimum Gasteiger partial charge on any atom is -0.497 e. The van der Waals surface area contributed by atoms with Gasteiger partial charge in [-0.3, -0.25) is 4.79 Å². The van der Waals surface area contributed by atoms with E-state index in [-0.39, 0.29) is 25.9 Å². The van der Waals surface area contributed by atoms with Gasteiger partial charge in [-0.05, 0) is 30.3 Å². The van der Waals surface area contributed by atoms with Crippen LogP contribution in [0.25, 0.3) is 0 Å². The van der Waals surface area contributed by atoms with Crippen molar-refractivity contribution in [3.05, 3.63) is 42.0 Å². The third-order valence-corrected chi connectivity index (χ3v) is 3.75. The van der Waals surface area contributed by atoms with Crippen molar-refractivity contribution in [1.29, 1.82) is 0 Å². The van der Waals surface area contributed by atoms with Gasteiger partial charge in [0.2, 0.25) is 6.79 Å². The van der Waals surface area contributed by atoms with E-state index in [1.54, 1.807) is 43.5 Å². The van der Waals surface area contributed by atoms with Gasteiger partial charge < -0.3 is 24.3 Å². The Morgan fingerprint density at radius 2 is 2.14 bits per heavy atom. The molecule has 0 bridgehead atoms. The summed E-state index contributed by atoms with van der Waals surface area (Å²) in [5.41, 5.74) is 3.81. The van der Waals surface area contributed by atoms with Crippen molar-refractivity contribution in [1.82, 2.24) is 5.43 Å². The summed E-state index contributed by atoms with van der Waals surface area (Å²) in [5.74, 6) is 4.57. The van der Waals surface area contributed by atoms with Gasteiger partial charge in [0.15, 0.2) is 11.5 Å². The number of methoxy groups -OCH3 is 1. The number of carbonyl (C=O) groups is 1. The number of ether oxygens (including phenoxy) is 4. The van der Waals surface area contributed by atoms with Crippen LogP contribution in [0.3, 0.4) is 0 Å². The molecule has 1 heterocycles. The Labute approximate surface area is 162 Å². The van der Waals surface area contributed by atoms with E-state index in [0.717, 1.165) is 5.69 Å². The molecule has 28 heavy (non-hydrogen) atoms. The molecule has 0 saturated carbocycles. The number of nitrogens with zero attached hydrogens (tertiary/aromatic N) is 1. The van der Waals surface area contributed by atoms with Crippen molar-refractivity contribution in [2.75, 3.05) is 32.4 Å². The van der Waals surface area contributed by atoms with E-state index in [9.17, 15) is 4.79 Å². The van der Waals surface area contributed by atoms with Crippen LogP contribution in [0.1, 0.15) is 5.56 Å². The van der Waals surface area contributed by atoms with Gasteiger partial charge in [0, 0.05) is 17.3 Å². The zero-order chi connectivity index (χ0) is 19.8. The molecule has 0 unspecified atom stereocenters. The second-order valence-corrected chi connectivity index (χ2v) is 5.61. The second-order valence-electron chi connectivity index (χ2n) is 5.61. The molecule has 0 saturated heterocycles. The first-order valence-corrected chi connectivity index (χ1v) is 8.39. The van der Waals surface area contributed by atoms with Crippen LogP contribution in [0.5, 0.6) is 23.0 Å². The lowest BCUT2D eigenvalue weighted by atomic mass is 10.2. The molecular weight excluding hydrogens is 362 g/mol. The number of benzene rings is 2. The molecule has 0 radical (unpaired) electrons. The number of hydrogen-bond donors (Lipinski definition) is 2. The molecule has 8 nitrogen and oxygen atoms in total. The van der Waals surface area contributed by atoms with Crippen molar-refractivity contribution in [2.24, 2.45) is 5.10 Å². The van der Waals surface area contributed by atoms with E-state index in [1.807, 2.05) is 0 Å². The maximum absolute atomic E-state index is 12.0. The first-order valence-electron chi connectivity index (χ1n) is 8.39. The number of hydrogen-bond acceptors (Lipinski definition) is 7. The highest BCUT2D eigenvalue weighted by Gasteiger charge is 2.13. The molecule has 8 heteroatoms. The van der Waals surface area contributed by atoms with E-state index in [4.69, 9.17) is 25.4 Å². The number of rotatable bonds is 8. The van der Waals surface area contributed by atoms with Gasteiger partial charge >= 0.3 is 0 Å². The maximum Gasteiger partial charge on any atom is 0.259 e. The van der Waals surface area contributed by atoms with E-state index < -0.39 is 0 Å². The summed E-state index contributed by atoms with van der Waals surface area (Å²) in [6.45, 7) is 0.361. The zero-order valence-corrected chi connectivity index (χ0v) is 15.2. The first kappa shape index (κ1) is 18.9. The summed E-state index contributed by atoms with van der Waals surface area (Å²) in [4.78, 5) is 12.0. The fourth-order valence-corrected chi connectivity index (χ4v) is 2.41. The molecule has 0 spiro atoms. The molecular formula is C20H19N3O5. The maximum atomic E-state index is 12.0. The van der Waals surface area contributed by atoms with Gasteiger partial charge in [-0.2, -0.15) is 5.10 Å². The molecule has 0 aromatic heterocycles. The molecule has 3 rings (SSSR count). The molecule has 1 aliphatic rings. The van der Waals surface area contributed by atoms with Crippen molar-refractivity contribution in [3.63, 3.8) is 0 Å². The van der Waals surface area contributed by atoms with Crippen LogP contribution in [0.15, 0.2) is 41.5 Å². The zero-order valence-electron chi connectivity index (χ0n) is 15.2. The highest BCUT2D eigenvalue weighted by molar-refractivity contribution is 5.86. The van der Waals surface area contributed by atoms with Crippen molar-refractivity contribution < 1.29 is 23.7 Å². The van der Waals surface area contributed by atoms with Gasteiger partial charge in [-0.1, -0.05) is 5.92 Å². The van der Waals surface area contributed by atoms with Gasteiger partial charge in [-0.25, -0.2) is 5.43 Å². The fraction of sp³-hybridized carbons (Fsp3) is 0.200. The highest BCUT2D eigenvalue weighted by Crippen LogP contribution is 2.34. The average Bonchev–Trinajstić information content (AvgIpc) is 3.19. The summed E-state index contributed by atoms with van der Waals surface area (Å²) < 4.78 is 21.2. The molecule has 2 aromatic carbocycles. The average molecular weight is 381 g/mol. The first-order chi connectivity index (χ1) is 13.7. The van der Waals surface area contributed by atoms with Crippen molar-refractivity contribution in [2.45, 2.75) is 0 Å².